The van der Waals surface area contributed by atoms with E-state index in [0.717, 1.165) is 0 Å². The molecule has 0 atom stereocenters. The van der Waals surface area contributed by atoms with Gasteiger partial charge in [-0.2, -0.15) is 0 Å². The van der Waals surface area contributed by atoms with Crippen molar-refractivity contribution in [1.29, 1.82) is 0 Å². The van der Waals surface area contributed by atoms with Crippen LogP contribution < -0.4 is 19.5 Å². The Balaban J connectivity index is 1.73. The highest BCUT2D eigenvalue weighted by Gasteiger charge is 2.20. The van der Waals surface area contributed by atoms with E-state index in [1.165, 1.54) is 56.7 Å². The van der Waals surface area contributed by atoms with Crippen LogP contribution in [0.5, 0.6) is 11.5 Å². The number of methoxy groups -OCH3 is 2. The summed E-state index contributed by atoms with van der Waals surface area (Å²) in [6.07, 6.45) is -0.261. The van der Waals surface area contributed by atoms with Crippen LogP contribution in [0.3, 0.4) is 0 Å². The van der Waals surface area contributed by atoms with Gasteiger partial charge >= 0.3 is 0 Å². The Hall–Kier alpha value is -3.92. The SMILES string of the molecule is COc1ccc(S(=O)(=O)Nc2ccccc2OC)cc1NC(=O)CCC(=O)c1ccc(F)cc1. The maximum Gasteiger partial charge on any atom is 0.262 e. The third-order valence-electron chi connectivity index (χ3n) is 4.85. The molecule has 0 bridgehead atoms. The van der Waals surface area contributed by atoms with Gasteiger partial charge in [-0.1, -0.05) is 12.1 Å². The third-order valence-corrected chi connectivity index (χ3v) is 6.22. The van der Waals surface area contributed by atoms with Crippen molar-refractivity contribution in [2.45, 2.75) is 17.7 Å². The van der Waals surface area contributed by atoms with Gasteiger partial charge in [-0.3, -0.25) is 14.3 Å². The number of hydrogen-bond acceptors (Lipinski definition) is 6. The number of carbonyl (C=O) groups excluding carboxylic acids is 2. The van der Waals surface area contributed by atoms with E-state index in [2.05, 4.69) is 10.0 Å². The molecule has 0 heterocycles. The van der Waals surface area contributed by atoms with E-state index < -0.39 is 21.7 Å². The maximum absolute atomic E-state index is 13.0. The first-order valence-corrected chi connectivity index (χ1v) is 11.6. The molecule has 3 rings (SSSR count). The van der Waals surface area contributed by atoms with E-state index in [1.54, 1.807) is 24.3 Å². The lowest BCUT2D eigenvalue weighted by Crippen LogP contribution is -2.16. The summed E-state index contributed by atoms with van der Waals surface area (Å²) >= 11 is 0. The zero-order chi connectivity index (χ0) is 24.7. The van der Waals surface area contributed by atoms with Crippen molar-refractivity contribution in [3.63, 3.8) is 0 Å². The molecule has 3 aromatic rings. The molecule has 1 amide bonds. The number of carbonyl (C=O) groups is 2. The predicted molar refractivity (Wildman–Crippen MR) is 125 cm³/mol. The van der Waals surface area contributed by atoms with E-state index in [-0.39, 0.29) is 40.6 Å². The molecule has 0 aliphatic heterocycles. The Kier molecular flexibility index (Phi) is 7.85. The molecule has 0 fully saturated rings. The lowest BCUT2D eigenvalue weighted by Gasteiger charge is -2.14. The van der Waals surface area contributed by atoms with Crippen molar-refractivity contribution in [2.24, 2.45) is 0 Å². The van der Waals surface area contributed by atoms with Gasteiger partial charge in [0, 0.05) is 18.4 Å². The molecular weight excluding hydrogens is 463 g/mol. The Morgan fingerprint density at radius 1 is 0.853 bits per heavy atom. The fourth-order valence-electron chi connectivity index (χ4n) is 3.10. The van der Waals surface area contributed by atoms with E-state index in [1.807, 2.05) is 0 Å². The number of benzene rings is 3. The van der Waals surface area contributed by atoms with Crippen LogP contribution in [-0.4, -0.2) is 34.3 Å². The standard InChI is InChI=1S/C24H23FN2O6S/c1-32-22-6-4-3-5-19(22)27-34(30,31)18-11-13-23(33-2)20(15-18)26-24(29)14-12-21(28)16-7-9-17(25)10-8-16/h3-11,13,15,27H,12,14H2,1-2H3,(H,26,29). The zero-order valence-corrected chi connectivity index (χ0v) is 19.3. The summed E-state index contributed by atoms with van der Waals surface area (Å²) in [4.78, 5) is 24.6. The van der Waals surface area contributed by atoms with Crippen LogP contribution in [0.15, 0.2) is 71.6 Å². The van der Waals surface area contributed by atoms with E-state index in [9.17, 15) is 22.4 Å². The van der Waals surface area contributed by atoms with E-state index >= 15 is 0 Å². The summed E-state index contributed by atoms with van der Waals surface area (Å²) in [5.41, 5.74) is 0.678. The number of anilines is 2. The second kappa shape index (κ2) is 10.8. The van der Waals surface area contributed by atoms with Crippen LogP contribution in [0.2, 0.25) is 0 Å². The highest BCUT2D eigenvalue weighted by molar-refractivity contribution is 7.92. The van der Waals surface area contributed by atoms with Gasteiger partial charge in [0.15, 0.2) is 5.78 Å². The highest BCUT2D eigenvalue weighted by Crippen LogP contribution is 2.30. The molecule has 0 saturated carbocycles. The molecular formula is C24H23FN2O6S. The molecule has 8 nitrogen and oxygen atoms in total. The molecule has 0 aliphatic rings. The molecule has 0 spiro atoms. The molecule has 10 heteroatoms. The van der Waals surface area contributed by atoms with Crippen LogP contribution in [0, 0.1) is 5.82 Å². The molecule has 0 radical (unpaired) electrons. The van der Waals surface area contributed by atoms with Crippen molar-refractivity contribution < 1.29 is 31.9 Å². The average molecular weight is 487 g/mol. The monoisotopic (exact) mass is 486 g/mol. The van der Waals surface area contributed by atoms with Gasteiger partial charge in [-0.25, -0.2) is 12.8 Å². The number of Topliss-reactive ketones (excluding diaryl/α,β-unsaturated/α-hetero) is 1. The Morgan fingerprint density at radius 2 is 1.50 bits per heavy atom. The van der Waals surface area contributed by atoms with Gasteiger partial charge < -0.3 is 14.8 Å². The van der Waals surface area contributed by atoms with Crippen molar-refractivity contribution in [1.82, 2.24) is 0 Å². The topological polar surface area (TPSA) is 111 Å². The summed E-state index contributed by atoms with van der Waals surface area (Å²) in [5.74, 6) is -0.703. The van der Waals surface area contributed by atoms with Crippen molar-refractivity contribution >= 4 is 33.1 Å². The van der Waals surface area contributed by atoms with Crippen LogP contribution in [-0.2, 0) is 14.8 Å². The summed E-state index contributed by atoms with van der Waals surface area (Å²) in [7, 11) is -1.21. The number of ether oxygens (including phenoxy) is 2. The summed E-state index contributed by atoms with van der Waals surface area (Å²) in [6, 6.07) is 15.6. The summed E-state index contributed by atoms with van der Waals surface area (Å²) in [6.45, 7) is 0. The minimum atomic E-state index is -4.02. The minimum absolute atomic E-state index is 0.104. The third kappa shape index (κ3) is 6.10. The molecule has 0 aliphatic carbocycles. The fourth-order valence-corrected chi connectivity index (χ4v) is 4.20. The van der Waals surface area contributed by atoms with Crippen molar-refractivity contribution in [2.75, 3.05) is 24.3 Å². The smallest absolute Gasteiger partial charge is 0.262 e. The normalized spacial score (nSPS) is 10.9. The molecule has 0 aromatic heterocycles. The maximum atomic E-state index is 13.0. The number of hydrogen-bond donors (Lipinski definition) is 2. The minimum Gasteiger partial charge on any atom is -0.495 e. The van der Waals surface area contributed by atoms with Crippen LogP contribution >= 0.6 is 0 Å². The molecule has 2 N–H and O–H groups in total. The molecule has 0 unspecified atom stereocenters. The zero-order valence-electron chi connectivity index (χ0n) is 18.5. The number of sulfonamides is 1. The van der Waals surface area contributed by atoms with Gasteiger partial charge in [0.05, 0.1) is 30.5 Å². The average Bonchev–Trinajstić information content (AvgIpc) is 2.83. The van der Waals surface area contributed by atoms with Crippen LogP contribution in [0.25, 0.3) is 0 Å². The van der Waals surface area contributed by atoms with Crippen molar-refractivity contribution in [3.05, 3.63) is 78.1 Å². The quantitative estimate of drug-likeness (QED) is 0.415. The lowest BCUT2D eigenvalue weighted by atomic mass is 10.1. The summed E-state index contributed by atoms with van der Waals surface area (Å²) in [5, 5.41) is 2.58. The molecule has 3 aromatic carbocycles. The second-order valence-electron chi connectivity index (χ2n) is 7.15. The molecule has 34 heavy (non-hydrogen) atoms. The van der Waals surface area contributed by atoms with Gasteiger partial charge in [0.2, 0.25) is 5.91 Å². The lowest BCUT2D eigenvalue weighted by molar-refractivity contribution is -0.116. The number of nitrogens with one attached hydrogen (secondary N) is 2. The van der Waals surface area contributed by atoms with Crippen LogP contribution in [0.1, 0.15) is 23.2 Å². The molecule has 0 saturated heterocycles. The van der Waals surface area contributed by atoms with E-state index in [0.29, 0.717) is 11.3 Å². The summed E-state index contributed by atoms with van der Waals surface area (Å²) < 4.78 is 51.7. The fraction of sp³-hybridized carbons (Fsp3) is 0.167. The van der Waals surface area contributed by atoms with Gasteiger partial charge in [-0.15, -0.1) is 0 Å². The van der Waals surface area contributed by atoms with Crippen LogP contribution in [0.4, 0.5) is 15.8 Å². The number of rotatable bonds is 10. The Bertz CT molecular complexity index is 1290. The Labute approximate surface area is 196 Å². The number of amides is 1. The highest BCUT2D eigenvalue weighted by atomic mass is 32.2. The first-order chi connectivity index (χ1) is 16.2. The van der Waals surface area contributed by atoms with Gasteiger partial charge in [0.1, 0.15) is 17.3 Å². The van der Waals surface area contributed by atoms with Gasteiger partial charge in [-0.05, 0) is 54.6 Å². The van der Waals surface area contributed by atoms with Gasteiger partial charge in [0.25, 0.3) is 10.0 Å². The number of halogens is 1. The Morgan fingerprint density at radius 3 is 2.18 bits per heavy atom. The number of para-hydroxylation sites is 2. The predicted octanol–water partition coefficient (Wildman–Crippen LogP) is 4.25. The number of ketones is 1. The van der Waals surface area contributed by atoms with Crippen molar-refractivity contribution in [3.8, 4) is 11.5 Å². The van der Waals surface area contributed by atoms with E-state index in [4.69, 9.17) is 9.47 Å². The first kappa shape index (κ1) is 24.7. The molecule has 178 valence electrons. The largest absolute Gasteiger partial charge is 0.495 e. The second-order valence-corrected chi connectivity index (χ2v) is 8.83. The first-order valence-electron chi connectivity index (χ1n) is 10.2.